The van der Waals surface area contributed by atoms with Gasteiger partial charge in [-0.3, -0.25) is 0 Å². The van der Waals surface area contributed by atoms with E-state index < -0.39 is 11.6 Å². The fraction of sp³-hybridized carbons (Fsp3) is 0.600. The summed E-state index contributed by atoms with van der Waals surface area (Å²) in [6.07, 6.45) is 4.80. The van der Waals surface area contributed by atoms with Crippen molar-refractivity contribution in [2.75, 3.05) is 13.4 Å². The fourth-order valence-corrected chi connectivity index (χ4v) is 3.41. The molecule has 1 aliphatic rings. The monoisotopic (exact) mass is 395 g/mol. The van der Waals surface area contributed by atoms with Gasteiger partial charge in [-0.15, -0.1) is 11.8 Å². The molecule has 0 aliphatic heterocycles. The number of methoxy groups -OCH3 is 1. The Morgan fingerprint density at radius 2 is 1.81 bits per heavy atom. The molecule has 0 saturated heterocycles. The molecule has 27 heavy (non-hydrogen) atoms. The molecular weight excluding hydrogens is 366 g/mol. The van der Waals surface area contributed by atoms with Gasteiger partial charge in [-0.1, -0.05) is 0 Å². The van der Waals surface area contributed by atoms with Gasteiger partial charge < -0.3 is 19.5 Å². The lowest BCUT2D eigenvalue weighted by Crippen LogP contribution is -2.42. The minimum atomic E-state index is -0.503. The molecule has 1 aromatic rings. The second kappa shape index (κ2) is 9.35. The van der Waals surface area contributed by atoms with Crippen molar-refractivity contribution in [3.8, 4) is 5.75 Å². The zero-order chi connectivity index (χ0) is 20.0. The van der Waals surface area contributed by atoms with Gasteiger partial charge in [0, 0.05) is 10.9 Å². The van der Waals surface area contributed by atoms with Gasteiger partial charge in [-0.2, -0.15) is 0 Å². The third-order valence-electron chi connectivity index (χ3n) is 4.28. The third-order valence-corrected chi connectivity index (χ3v) is 5.01. The van der Waals surface area contributed by atoms with Crippen LogP contribution in [0.1, 0.15) is 56.8 Å². The summed E-state index contributed by atoms with van der Waals surface area (Å²) in [5.41, 5.74) is -0.0684. The van der Waals surface area contributed by atoms with Gasteiger partial charge in [-0.25, -0.2) is 9.59 Å². The van der Waals surface area contributed by atoms with Crippen LogP contribution in [-0.4, -0.2) is 43.2 Å². The molecule has 6 nitrogen and oxygen atoms in total. The first-order valence-corrected chi connectivity index (χ1v) is 10.4. The highest BCUT2D eigenvalue weighted by atomic mass is 32.2. The van der Waals surface area contributed by atoms with E-state index in [4.69, 9.17) is 14.2 Å². The second-order valence-corrected chi connectivity index (χ2v) is 8.47. The number of amides is 1. The number of rotatable bonds is 5. The van der Waals surface area contributed by atoms with Crippen molar-refractivity contribution in [2.45, 2.75) is 69.1 Å². The van der Waals surface area contributed by atoms with Crippen LogP contribution in [0.25, 0.3) is 0 Å². The van der Waals surface area contributed by atoms with E-state index in [0.29, 0.717) is 11.3 Å². The third kappa shape index (κ3) is 6.65. The van der Waals surface area contributed by atoms with Crippen molar-refractivity contribution in [1.82, 2.24) is 5.32 Å². The summed E-state index contributed by atoms with van der Waals surface area (Å²) in [4.78, 5) is 24.9. The zero-order valence-corrected chi connectivity index (χ0v) is 17.5. The number of hydrogen-bond donors (Lipinski definition) is 1. The molecule has 0 unspecified atom stereocenters. The molecule has 1 aliphatic carbocycles. The maximum absolute atomic E-state index is 12.0. The molecule has 0 spiro atoms. The highest BCUT2D eigenvalue weighted by Gasteiger charge is 2.27. The molecule has 1 N–H and O–H groups in total. The maximum Gasteiger partial charge on any atom is 0.407 e. The van der Waals surface area contributed by atoms with Crippen LogP contribution in [-0.2, 0) is 9.47 Å². The molecule has 1 amide bonds. The Morgan fingerprint density at radius 1 is 1.15 bits per heavy atom. The lowest BCUT2D eigenvalue weighted by molar-refractivity contribution is 0.0465. The highest BCUT2D eigenvalue weighted by Crippen LogP contribution is 2.30. The van der Waals surface area contributed by atoms with E-state index in [1.54, 1.807) is 17.8 Å². The Hall–Kier alpha value is -1.89. The largest absolute Gasteiger partial charge is 0.489 e. The van der Waals surface area contributed by atoms with Crippen LogP contribution >= 0.6 is 11.8 Å². The SMILES string of the molecule is COC(=O)c1ccc(SC)cc1O[C@H]1CC[C@@H](NC(=O)OC(C)(C)C)CC1. The number of carbonyl (C=O) groups is 2. The molecule has 0 heterocycles. The van der Waals surface area contributed by atoms with E-state index in [9.17, 15) is 9.59 Å². The first-order valence-electron chi connectivity index (χ1n) is 9.14. The fourth-order valence-electron chi connectivity index (χ4n) is 2.98. The van der Waals surface area contributed by atoms with Gasteiger partial charge in [0.2, 0.25) is 0 Å². The molecule has 7 heteroatoms. The Labute approximate surface area is 165 Å². The average Bonchev–Trinajstić information content (AvgIpc) is 2.61. The lowest BCUT2D eigenvalue weighted by atomic mass is 9.93. The molecule has 1 aromatic carbocycles. The molecule has 150 valence electrons. The van der Waals surface area contributed by atoms with Gasteiger partial charge in [0.15, 0.2) is 0 Å². The summed E-state index contributed by atoms with van der Waals surface area (Å²) in [6, 6.07) is 5.58. The van der Waals surface area contributed by atoms with E-state index in [2.05, 4.69) is 5.32 Å². The highest BCUT2D eigenvalue weighted by molar-refractivity contribution is 7.98. The lowest BCUT2D eigenvalue weighted by Gasteiger charge is -2.30. The molecular formula is C20H29NO5S. The Bertz CT molecular complexity index is 663. The Balaban J connectivity index is 1.93. The predicted octanol–water partition coefficient (Wildman–Crippen LogP) is 4.41. The number of hydrogen-bond acceptors (Lipinski definition) is 6. The van der Waals surface area contributed by atoms with E-state index in [0.717, 1.165) is 30.6 Å². The number of esters is 1. The minimum absolute atomic E-state index is 0.00204. The number of alkyl carbamates (subject to hydrolysis) is 1. The normalized spacial score (nSPS) is 19.9. The number of benzene rings is 1. The summed E-state index contributed by atoms with van der Waals surface area (Å²) in [5.74, 6) is 0.148. The molecule has 0 atom stereocenters. The smallest absolute Gasteiger partial charge is 0.407 e. The van der Waals surface area contributed by atoms with E-state index in [1.165, 1.54) is 7.11 Å². The number of thioether (sulfide) groups is 1. The van der Waals surface area contributed by atoms with Gasteiger partial charge in [-0.05, 0) is 70.9 Å². The number of ether oxygens (including phenoxy) is 3. The van der Waals surface area contributed by atoms with Crippen molar-refractivity contribution in [3.05, 3.63) is 23.8 Å². The van der Waals surface area contributed by atoms with Crippen LogP contribution in [0.5, 0.6) is 5.75 Å². The molecule has 1 fully saturated rings. The minimum Gasteiger partial charge on any atom is -0.489 e. The van der Waals surface area contributed by atoms with Crippen molar-refractivity contribution in [3.63, 3.8) is 0 Å². The second-order valence-electron chi connectivity index (χ2n) is 7.59. The molecule has 2 rings (SSSR count). The van der Waals surface area contributed by atoms with Crippen LogP contribution < -0.4 is 10.1 Å². The summed E-state index contributed by atoms with van der Waals surface area (Å²) in [7, 11) is 1.36. The molecule has 1 saturated carbocycles. The Morgan fingerprint density at radius 3 is 2.37 bits per heavy atom. The molecule has 0 bridgehead atoms. The first-order chi connectivity index (χ1) is 12.7. The predicted molar refractivity (Wildman–Crippen MR) is 106 cm³/mol. The zero-order valence-electron chi connectivity index (χ0n) is 16.7. The van der Waals surface area contributed by atoms with Crippen molar-refractivity contribution in [2.24, 2.45) is 0 Å². The molecule has 0 radical (unpaired) electrons. The summed E-state index contributed by atoms with van der Waals surface area (Å²) < 4.78 is 16.3. The van der Waals surface area contributed by atoms with Crippen molar-refractivity contribution < 1.29 is 23.8 Å². The van der Waals surface area contributed by atoms with Gasteiger partial charge in [0.05, 0.1) is 13.2 Å². The van der Waals surface area contributed by atoms with E-state index in [-0.39, 0.29) is 18.2 Å². The topological polar surface area (TPSA) is 73.9 Å². The summed E-state index contributed by atoms with van der Waals surface area (Å²) in [5, 5.41) is 2.92. The van der Waals surface area contributed by atoms with Crippen molar-refractivity contribution >= 4 is 23.8 Å². The van der Waals surface area contributed by atoms with Crippen molar-refractivity contribution in [1.29, 1.82) is 0 Å². The van der Waals surface area contributed by atoms with Gasteiger partial charge in [0.25, 0.3) is 0 Å². The quantitative estimate of drug-likeness (QED) is 0.588. The van der Waals surface area contributed by atoms with E-state index in [1.807, 2.05) is 39.2 Å². The van der Waals surface area contributed by atoms with Crippen LogP contribution in [0.3, 0.4) is 0 Å². The van der Waals surface area contributed by atoms with Crippen LogP contribution in [0.15, 0.2) is 23.1 Å². The number of nitrogens with one attached hydrogen (secondary N) is 1. The van der Waals surface area contributed by atoms with Crippen LogP contribution in [0, 0.1) is 0 Å². The van der Waals surface area contributed by atoms with Gasteiger partial charge >= 0.3 is 12.1 Å². The average molecular weight is 396 g/mol. The molecule has 0 aromatic heterocycles. The van der Waals surface area contributed by atoms with E-state index >= 15 is 0 Å². The number of carbonyl (C=O) groups excluding carboxylic acids is 2. The maximum atomic E-state index is 12.0. The van der Waals surface area contributed by atoms with Crippen LogP contribution in [0.4, 0.5) is 4.79 Å². The Kier molecular flexibility index (Phi) is 7.41. The first kappa shape index (κ1) is 21.4. The summed E-state index contributed by atoms with van der Waals surface area (Å²) >= 11 is 1.59. The standard InChI is InChI=1S/C20H29NO5S/c1-20(2,3)26-19(23)21-13-6-8-14(9-7-13)25-17-12-15(27-5)10-11-16(17)18(22)24-4/h10-14H,6-9H2,1-5H3,(H,21,23)/t13-,14+. The van der Waals surface area contributed by atoms with Crippen LogP contribution in [0.2, 0.25) is 0 Å². The van der Waals surface area contributed by atoms with Gasteiger partial charge in [0.1, 0.15) is 16.9 Å². The summed E-state index contributed by atoms with van der Waals surface area (Å²) in [6.45, 7) is 5.54.